The molecule has 5 nitrogen and oxygen atoms in total. The maximum absolute atomic E-state index is 11.0. The molecule has 3 aromatic rings. The van der Waals surface area contributed by atoms with E-state index in [1.54, 1.807) is 11.3 Å². The molecule has 1 aliphatic rings. The van der Waals surface area contributed by atoms with E-state index in [1.165, 1.54) is 0 Å². The Bertz CT molecular complexity index is 1040. The van der Waals surface area contributed by atoms with Gasteiger partial charge in [0.15, 0.2) is 5.13 Å². The first kappa shape index (κ1) is 20.9. The predicted octanol–water partition coefficient (Wildman–Crippen LogP) is 5.57. The number of fused-ring (bicyclic) bond motifs is 1. The summed E-state index contributed by atoms with van der Waals surface area (Å²) in [5, 5.41) is 10.9. The van der Waals surface area contributed by atoms with Gasteiger partial charge in [-0.3, -0.25) is 4.79 Å². The van der Waals surface area contributed by atoms with Gasteiger partial charge in [0.1, 0.15) is 5.75 Å². The number of rotatable bonds is 7. The van der Waals surface area contributed by atoms with E-state index in [9.17, 15) is 4.79 Å². The van der Waals surface area contributed by atoms with E-state index in [4.69, 9.17) is 26.4 Å². The number of benzene rings is 2. The van der Waals surface area contributed by atoms with Gasteiger partial charge in [-0.05, 0) is 73.6 Å². The molecule has 1 aliphatic heterocycles. The number of nitrogens with zero attached hydrogens (tertiary/aromatic N) is 2. The summed E-state index contributed by atoms with van der Waals surface area (Å²) in [7, 11) is 0. The normalized spacial score (nSPS) is 14.9. The summed E-state index contributed by atoms with van der Waals surface area (Å²) >= 11 is 7.80. The summed E-state index contributed by atoms with van der Waals surface area (Å²) in [4.78, 5) is 18.1. The molecule has 1 aromatic heterocycles. The van der Waals surface area contributed by atoms with Gasteiger partial charge in [0.25, 0.3) is 0 Å². The number of aliphatic carboxylic acids is 1. The van der Waals surface area contributed by atoms with Crippen LogP contribution in [0.2, 0.25) is 5.02 Å². The molecule has 2 heterocycles. The molecule has 0 amide bonds. The number of piperidine rings is 1. The third-order valence-corrected chi connectivity index (χ3v) is 7.00. The van der Waals surface area contributed by atoms with E-state index in [-0.39, 0.29) is 6.42 Å². The second-order valence-electron chi connectivity index (χ2n) is 7.83. The van der Waals surface area contributed by atoms with Crippen molar-refractivity contribution in [3.8, 4) is 5.75 Å². The van der Waals surface area contributed by atoms with Gasteiger partial charge < -0.3 is 14.7 Å². The lowest BCUT2D eigenvalue weighted by Crippen LogP contribution is -2.34. The van der Waals surface area contributed by atoms with Crippen molar-refractivity contribution in [3.05, 3.63) is 52.5 Å². The second-order valence-corrected chi connectivity index (χ2v) is 9.28. The molecule has 0 radical (unpaired) electrons. The van der Waals surface area contributed by atoms with Crippen LogP contribution in [0, 0.1) is 12.8 Å². The zero-order valence-corrected chi connectivity index (χ0v) is 18.5. The highest BCUT2D eigenvalue weighted by Crippen LogP contribution is 2.33. The third-order valence-electron chi connectivity index (χ3n) is 5.68. The summed E-state index contributed by atoms with van der Waals surface area (Å²) < 4.78 is 7.05. The molecule has 0 aliphatic carbocycles. The number of ether oxygens (including phenoxy) is 1. The van der Waals surface area contributed by atoms with Crippen LogP contribution in [-0.4, -0.2) is 35.8 Å². The molecule has 158 valence electrons. The lowest BCUT2D eigenvalue weighted by atomic mass is 9.94. The van der Waals surface area contributed by atoms with Gasteiger partial charge in [-0.15, -0.1) is 0 Å². The van der Waals surface area contributed by atoms with E-state index in [1.807, 2.05) is 43.3 Å². The van der Waals surface area contributed by atoms with Gasteiger partial charge in [-0.1, -0.05) is 29.0 Å². The Morgan fingerprint density at radius 2 is 2.07 bits per heavy atom. The molecule has 0 spiro atoms. The quantitative estimate of drug-likeness (QED) is 0.516. The standard InChI is InChI=1S/C23H25ClN2O3S/c1-15-2-4-19(12-17(15)13-22(27)28)29-11-8-16-6-9-26(10-7-16)23-25-20-5-3-18(24)14-21(20)30-23/h2-5,12,14,16H,6-11,13H2,1H3,(H,27,28). The fourth-order valence-electron chi connectivity index (χ4n) is 3.87. The number of carboxylic acids is 1. The Hall–Kier alpha value is -2.31. The van der Waals surface area contributed by atoms with Crippen molar-refractivity contribution in [3.63, 3.8) is 0 Å². The fourth-order valence-corrected chi connectivity index (χ4v) is 5.16. The number of thiazole rings is 1. The van der Waals surface area contributed by atoms with E-state index >= 15 is 0 Å². The molecule has 0 atom stereocenters. The Labute approximate surface area is 185 Å². The number of aromatic nitrogens is 1. The minimum absolute atomic E-state index is 0.0272. The van der Waals surface area contributed by atoms with Crippen molar-refractivity contribution in [2.24, 2.45) is 5.92 Å². The van der Waals surface area contributed by atoms with Gasteiger partial charge in [0.2, 0.25) is 0 Å². The first-order valence-corrected chi connectivity index (χ1v) is 11.4. The van der Waals surface area contributed by atoms with Crippen molar-refractivity contribution in [2.75, 3.05) is 24.6 Å². The van der Waals surface area contributed by atoms with Gasteiger partial charge in [0.05, 0.1) is 23.2 Å². The molecule has 1 saturated heterocycles. The largest absolute Gasteiger partial charge is 0.494 e. The molecular formula is C23H25ClN2O3S. The van der Waals surface area contributed by atoms with Crippen molar-refractivity contribution in [1.29, 1.82) is 0 Å². The predicted molar refractivity (Wildman–Crippen MR) is 122 cm³/mol. The zero-order chi connectivity index (χ0) is 21.1. The molecule has 7 heteroatoms. The third kappa shape index (κ3) is 5.05. The van der Waals surface area contributed by atoms with Crippen LogP contribution in [-0.2, 0) is 11.2 Å². The first-order chi connectivity index (χ1) is 14.5. The van der Waals surface area contributed by atoms with Crippen LogP contribution >= 0.6 is 22.9 Å². The lowest BCUT2D eigenvalue weighted by molar-refractivity contribution is -0.136. The Morgan fingerprint density at radius 3 is 2.83 bits per heavy atom. The van der Waals surface area contributed by atoms with E-state index in [0.717, 1.165) is 69.6 Å². The van der Waals surface area contributed by atoms with E-state index in [2.05, 4.69) is 4.90 Å². The first-order valence-electron chi connectivity index (χ1n) is 10.2. The van der Waals surface area contributed by atoms with Crippen LogP contribution in [0.25, 0.3) is 10.2 Å². The van der Waals surface area contributed by atoms with Gasteiger partial charge in [-0.2, -0.15) is 0 Å². The summed E-state index contributed by atoms with van der Waals surface area (Å²) in [6.45, 7) is 4.59. The summed E-state index contributed by atoms with van der Waals surface area (Å²) in [5.74, 6) is 0.565. The molecule has 1 N–H and O–H groups in total. The van der Waals surface area contributed by atoms with Crippen LogP contribution in [0.1, 0.15) is 30.4 Å². The smallest absolute Gasteiger partial charge is 0.307 e. The number of hydrogen-bond acceptors (Lipinski definition) is 5. The summed E-state index contributed by atoms with van der Waals surface area (Å²) in [5.41, 5.74) is 2.80. The average molecular weight is 445 g/mol. The molecular weight excluding hydrogens is 420 g/mol. The number of aryl methyl sites for hydroxylation is 1. The number of halogens is 1. The summed E-state index contributed by atoms with van der Waals surface area (Å²) in [6, 6.07) is 11.5. The van der Waals surface area contributed by atoms with Gasteiger partial charge in [-0.25, -0.2) is 4.98 Å². The highest BCUT2D eigenvalue weighted by molar-refractivity contribution is 7.22. The molecule has 0 saturated carbocycles. The fraction of sp³-hybridized carbons (Fsp3) is 0.391. The van der Waals surface area contributed by atoms with Gasteiger partial charge >= 0.3 is 5.97 Å². The van der Waals surface area contributed by atoms with Crippen molar-refractivity contribution in [2.45, 2.75) is 32.6 Å². The summed E-state index contributed by atoms with van der Waals surface area (Å²) in [6.07, 6.45) is 3.28. The van der Waals surface area contributed by atoms with Crippen LogP contribution in [0.3, 0.4) is 0 Å². The molecule has 30 heavy (non-hydrogen) atoms. The van der Waals surface area contributed by atoms with Gasteiger partial charge in [0, 0.05) is 18.1 Å². The molecule has 0 unspecified atom stereocenters. The highest BCUT2D eigenvalue weighted by atomic mass is 35.5. The number of anilines is 1. The minimum Gasteiger partial charge on any atom is -0.494 e. The van der Waals surface area contributed by atoms with E-state index < -0.39 is 5.97 Å². The Kier molecular flexibility index (Phi) is 6.44. The maximum atomic E-state index is 11.0. The monoisotopic (exact) mass is 444 g/mol. The van der Waals surface area contributed by atoms with Crippen LogP contribution in [0.5, 0.6) is 5.75 Å². The SMILES string of the molecule is Cc1ccc(OCCC2CCN(c3nc4ccc(Cl)cc4s3)CC2)cc1CC(=O)O. The Balaban J connectivity index is 1.26. The molecule has 0 bridgehead atoms. The number of hydrogen-bond donors (Lipinski definition) is 1. The average Bonchev–Trinajstić information content (AvgIpc) is 3.13. The second kappa shape index (κ2) is 9.23. The lowest BCUT2D eigenvalue weighted by Gasteiger charge is -2.31. The zero-order valence-electron chi connectivity index (χ0n) is 16.9. The highest BCUT2D eigenvalue weighted by Gasteiger charge is 2.21. The maximum Gasteiger partial charge on any atom is 0.307 e. The number of carboxylic acid groups (broad SMARTS) is 1. The molecule has 2 aromatic carbocycles. The molecule has 1 fully saturated rings. The van der Waals surface area contributed by atoms with Crippen LogP contribution in [0.15, 0.2) is 36.4 Å². The van der Waals surface area contributed by atoms with Crippen molar-refractivity contribution < 1.29 is 14.6 Å². The Morgan fingerprint density at radius 1 is 1.27 bits per heavy atom. The number of carbonyl (C=O) groups is 1. The van der Waals surface area contributed by atoms with Crippen LogP contribution < -0.4 is 9.64 Å². The van der Waals surface area contributed by atoms with E-state index in [0.29, 0.717) is 12.5 Å². The minimum atomic E-state index is -0.821. The van der Waals surface area contributed by atoms with Crippen molar-refractivity contribution >= 4 is 44.3 Å². The molecule has 4 rings (SSSR count). The topological polar surface area (TPSA) is 62.7 Å². The van der Waals surface area contributed by atoms with Crippen molar-refractivity contribution in [1.82, 2.24) is 4.98 Å². The van der Waals surface area contributed by atoms with Crippen LogP contribution in [0.4, 0.5) is 5.13 Å².